The van der Waals surface area contributed by atoms with Gasteiger partial charge in [-0.15, -0.1) is 0 Å². The summed E-state index contributed by atoms with van der Waals surface area (Å²) < 4.78 is 5.90. The molecule has 1 atom stereocenters. The molecule has 0 unspecified atom stereocenters. The molecule has 1 saturated carbocycles. The van der Waals surface area contributed by atoms with Crippen LogP contribution in [-0.2, 0) is 4.74 Å². The van der Waals surface area contributed by atoms with Crippen LogP contribution in [0, 0.1) is 5.92 Å². The van der Waals surface area contributed by atoms with Gasteiger partial charge in [0.1, 0.15) is 0 Å². The highest BCUT2D eigenvalue weighted by Gasteiger charge is 2.21. The Hall–Kier alpha value is -0.560. The molecule has 0 N–H and O–H groups in total. The lowest BCUT2D eigenvalue weighted by atomic mass is 9.85. The molecule has 0 bridgehead atoms. The maximum absolute atomic E-state index is 5.90. The van der Waals surface area contributed by atoms with Crippen molar-refractivity contribution in [2.24, 2.45) is 5.92 Å². The third-order valence-corrected chi connectivity index (χ3v) is 3.02. The van der Waals surface area contributed by atoms with Gasteiger partial charge in [0.15, 0.2) is 0 Å². The highest BCUT2D eigenvalue weighted by atomic mass is 16.5. The summed E-state index contributed by atoms with van der Waals surface area (Å²) in [4.78, 5) is 0. The lowest BCUT2D eigenvalue weighted by Gasteiger charge is -2.28. The van der Waals surface area contributed by atoms with Crippen LogP contribution in [0.1, 0.15) is 46.0 Å². The van der Waals surface area contributed by atoms with Crippen LogP contribution in [0.25, 0.3) is 0 Å². The molecule has 1 rings (SSSR count). The molecule has 86 valence electrons. The summed E-state index contributed by atoms with van der Waals surface area (Å²) >= 11 is 0. The summed E-state index contributed by atoms with van der Waals surface area (Å²) in [5.41, 5.74) is 1.11. The van der Waals surface area contributed by atoms with Gasteiger partial charge in [-0.3, -0.25) is 0 Å². The quantitative estimate of drug-likeness (QED) is 0.618. The molecule has 0 saturated heterocycles. The summed E-state index contributed by atoms with van der Waals surface area (Å²) in [6.45, 7) is 8.67. The van der Waals surface area contributed by atoms with Gasteiger partial charge in [-0.05, 0) is 32.6 Å². The molecule has 1 heteroatoms. The average molecular weight is 208 g/mol. The highest BCUT2D eigenvalue weighted by Crippen LogP contribution is 2.28. The molecule has 0 radical (unpaired) electrons. The predicted molar refractivity (Wildman–Crippen MR) is 65.9 cm³/mol. The maximum Gasteiger partial charge on any atom is 0.0788 e. The minimum absolute atomic E-state index is 0.312. The Bertz CT molecular complexity index is 211. The first-order valence-corrected chi connectivity index (χ1v) is 6.13. The summed E-state index contributed by atoms with van der Waals surface area (Å²) in [5.74, 6) is 0.731. The van der Waals surface area contributed by atoms with Crippen molar-refractivity contribution in [2.45, 2.75) is 52.1 Å². The van der Waals surface area contributed by atoms with Gasteiger partial charge in [-0.2, -0.15) is 0 Å². The van der Waals surface area contributed by atoms with E-state index in [-0.39, 0.29) is 0 Å². The van der Waals surface area contributed by atoms with E-state index in [0.29, 0.717) is 12.7 Å². The highest BCUT2D eigenvalue weighted by molar-refractivity contribution is 4.95. The normalized spacial score (nSPS) is 20.7. The first kappa shape index (κ1) is 12.5. The smallest absolute Gasteiger partial charge is 0.0788 e. The van der Waals surface area contributed by atoms with Gasteiger partial charge < -0.3 is 4.74 Å². The van der Waals surface area contributed by atoms with Crippen LogP contribution in [0.2, 0.25) is 0 Å². The van der Waals surface area contributed by atoms with Gasteiger partial charge in [-0.1, -0.05) is 43.6 Å². The van der Waals surface area contributed by atoms with Crippen LogP contribution in [0.3, 0.4) is 0 Å². The van der Waals surface area contributed by atoms with Gasteiger partial charge in [-0.25, -0.2) is 0 Å². The van der Waals surface area contributed by atoms with Crippen molar-refractivity contribution in [3.63, 3.8) is 0 Å². The molecule has 1 aliphatic rings. The predicted octanol–water partition coefficient (Wildman–Crippen LogP) is 4.10. The first-order chi connectivity index (χ1) is 7.24. The van der Waals surface area contributed by atoms with Gasteiger partial charge in [0, 0.05) is 0 Å². The van der Waals surface area contributed by atoms with Crippen molar-refractivity contribution in [3.8, 4) is 0 Å². The van der Waals surface area contributed by atoms with Crippen molar-refractivity contribution < 1.29 is 4.74 Å². The number of ether oxygens (including phenoxy) is 1. The number of hydrogen-bond acceptors (Lipinski definition) is 1. The second-order valence-electron chi connectivity index (χ2n) is 4.66. The molecule has 0 heterocycles. The molecule has 0 aromatic carbocycles. The molecule has 0 spiro atoms. The molecule has 1 nitrogen and oxygen atoms in total. The summed E-state index contributed by atoms with van der Waals surface area (Å²) in [6, 6.07) is 0. The molecule has 0 amide bonds. The molecule has 1 aliphatic carbocycles. The second kappa shape index (κ2) is 6.84. The number of rotatable bonds is 5. The van der Waals surface area contributed by atoms with E-state index in [1.54, 1.807) is 0 Å². The molecule has 15 heavy (non-hydrogen) atoms. The minimum Gasteiger partial charge on any atom is -0.370 e. The molecular formula is C14H24O. The van der Waals surface area contributed by atoms with E-state index in [2.05, 4.69) is 25.7 Å². The lowest BCUT2D eigenvalue weighted by molar-refractivity contribution is 0.0455. The Labute approximate surface area is 94.2 Å². The zero-order valence-corrected chi connectivity index (χ0v) is 10.2. The molecule has 0 aromatic heterocycles. The van der Waals surface area contributed by atoms with E-state index in [1.165, 1.54) is 32.1 Å². The minimum atomic E-state index is 0.312. The molecule has 0 aliphatic heterocycles. The average Bonchev–Trinajstić information content (AvgIpc) is 2.25. The van der Waals surface area contributed by atoms with Crippen molar-refractivity contribution in [1.29, 1.82) is 0 Å². The fourth-order valence-electron chi connectivity index (χ4n) is 2.24. The van der Waals surface area contributed by atoms with E-state index in [4.69, 9.17) is 4.74 Å². The zero-order chi connectivity index (χ0) is 11.1. The van der Waals surface area contributed by atoms with Crippen molar-refractivity contribution in [3.05, 3.63) is 24.3 Å². The van der Waals surface area contributed by atoms with Crippen LogP contribution in [-0.4, -0.2) is 12.7 Å². The number of allylic oxidation sites excluding steroid dienone is 1. The van der Waals surface area contributed by atoms with Crippen molar-refractivity contribution >= 4 is 0 Å². The molecular weight excluding hydrogens is 184 g/mol. The second-order valence-corrected chi connectivity index (χ2v) is 4.66. The van der Waals surface area contributed by atoms with Crippen LogP contribution >= 0.6 is 0 Å². The Kier molecular flexibility index (Phi) is 5.70. The largest absolute Gasteiger partial charge is 0.370 e. The Balaban J connectivity index is 2.43. The van der Waals surface area contributed by atoms with E-state index in [0.717, 1.165) is 11.5 Å². The van der Waals surface area contributed by atoms with Gasteiger partial charge in [0.2, 0.25) is 0 Å². The van der Waals surface area contributed by atoms with Crippen molar-refractivity contribution in [1.82, 2.24) is 0 Å². The van der Waals surface area contributed by atoms with E-state index in [1.807, 2.05) is 6.92 Å². The standard InChI is InChI=1S/C14H24O/c1-4-8-14(15-11-12(2)3)13-9-6-5-7-10-13/h4,8,13-14H,2,5-7,9-11H2,1,3H3/b8-4-/t14-/m1/s1. The summed E-state index contributed by atoms with van der Waals surface area (Å²) in [5, 5.41) is 0. The first-order valence-electron chi connectivity index (χ1n) is 6.13. The topological polar surface area (TPSA) is 9.23 Å². The van der Waals surface area contributed by atoms with Gasteiger partial charge >= 0.3 is 0 Å². The summed E-state index contributed by atoms with van der Waals surface area (Å²) in [6.07, 6.45) is 11.4. The monoisotopic (exact) mass is 208 g/mol. The fourth-order valence-corrected chi connectivity index (χ4v) is 2.24. The number of hydrogen-bond donors (Lipinski definition) is 0. The SMILES string of the molecule is C=C(C)CO[C@H](/C=C\C)C1CCCCC1. The zero-order valence-electron chi connectivity index (χ0n) is 10.2. The fraction of sp³-hybridized carbons (Fsp3) is 0.714. The van der Waals surface area contributed by atoms with Crippen LogP contribution < -0.4 is 0 Å². The lowest BCUT2D eigenvalue weighted by Crippen LogP contribution is -2.24. The van der Waals surface area contributed by atoms with Gasteiger partial charge in [0.05, 0.1) is 12.7 Å². The van der Waals surface area contributed by atoms with Crippen molar-refractivity contribution in [2.75, 3.05) is 6.61 Å². The third-order valence-electron chi connectivity index (χ3n) is 3.02. The van der Waals surface area contributed by atoms with Crippen LogP contribution in [0.4, 0.5) is 0 Å². The van der Waals surface area contributed by atoms with E-state index in [9.17, 15) is 0 Å². The molecule has 0 aromatic rings. The van der Waals surface area contributed by atoms with E-state index < -0.39 is 0 Å². The Morgan fingerprint density at radius 3 is 2.60 bits per heavy atom. The van der Waals surface area contributed by atoms with Crippen LogP contribution in [0.5, 0.6) is 0 Å². The molecule has 1 fully saturated rings. The third kappa shape index (κ3) is 4.65. The summed E-state index contributed by atoms with van der Waals surface area (Å²) in [7, 11) is 0. The van der Waals surface area contributed by atoms with Crippen LogP contribution in [0.15, 0.2) is 24.3 Å². The van der Waals surface area contributed by atoms with E-state index >= 15 is 0 Å². The Morgan fingerprint density at radius 2 is 2.07 bits per heavy atom. The van der Waals surface area contributed by atoms with Gasteiger partial charge in [0.25, 0.3) is 0 Å². The Morgan fingerprint density at radius 1 is 1.40 bits per heavy atom. The maximum atomic E-state index is 5.90.